The van der Waals surface area contributed by atoms with Crippen LogP contribution in [0.5, 0.6) is 0 Å². The van der Waals surface area contributed by atoms with E-state index in [0.29, 0.717) is 0 Å². The molecule has 0 amide bonds. The molecule has 1 aromatic carbocycles. The Hall–Kier alpha value is -0.850. The second-order valence-electron chi connectivity index (χ2n) is 4.97. The smallest absolute Gasteiger partial charge is 0.126 e. The lowest BCUT2D eigenvalue weighted by Gasteiger charge is -2.23. The van der Waals surface area contributed by atoms with Gasteiger partial charge in [0.1, 0.15) is 5.82 Å². The molecule has 0 atom stereocenters. The van der Waals surface area contributed by atoms with Crippen LogP contribution in [0.25, 0.3) is 0 Å². The van der Waals surface area contributed by atoms with Crippen LogP contribution in [0.3, 0.4) is 0 Å². The van der Waals surface area contributed by atoms with Crippen molar-refractivity contribution in [3.63, 3.8) is 0 Å². The lowest BCUT2D eigenvalue weighted by Crippen LogP contribution is -2.15. The molecule has 0 nitrogen and oxygen atoms in total. The first kappa shape index (κ1) is 12.2. The summed E-state index contributed by atoms with van der Waals surface area (Å²) in [7, 11) is 0. The van der Waals surface area contributed by atoms with Gasteiger partial charge in [0.05, 0.1) is 0 Å². The van der Waals surface area contributed by atoms with Crippen LogP contribution in [0.1, 0.15) is 44.7 Å². The minimum absolute atomic E-state index is 0.0125. The Morgan fingerprint density at radius 1 is 1.27 bits per heavy atom. The lowest BCUT2D eigenvalue weighted by atomic mass is 9.82. The zero-order valence-electron chi connectivity index (χ0n) is 9.94. The van der Waals surface area contributed by atoms with E-state index in [1.807, 2.05) is 6.07 Å². The maximum atomic E-state index is 13.7. The van der Waals surface area contributed by atoms with E-state index < -0.39 is 0 Å². The summed E-state index contributed by atoms with van der Waals surface area (Å²) in [6, 6.07) is 5.37. The Morgan fingerprint density at radius 2 is 1.93 bits per heavy atom. The van der Waals surface area contributed by atoms with Crippen molar-refractivity contribution in [2.75, 3.05) is 0 Å². The third-order valence-corrected chi connectivity index (χ3v) is 2.60. The number of hydrogen-bond acceptors (Lipinski definition) is 0. The minimum atomic E-state index is -0.0733. The quantitative estimate of drug-likeness (QED) is 0.694. The molecule has 15 heavy (non-hydrogen) atoms. The molecule has 0 heterocycles. The molecular formula is C14H20F. The van der Waals surface area contributed by atoms with Crippen molar-refractivity contribution >= 4 is 0 Å². The second-order valence-corrected chi connectivity index (χ2v) is 4.97. The van der Waals surface area contributed by atoms with Crippen molar-refractivity contribution in [3.05, 3.63) is 42.1 Å². The molecule has 0 bridgehead atoms. The molecule has 1 heteroatoms. The predicted octanol–water partition coefficient (Wildman–Crippen LogP) is 4.28. The molecule has 0 saturated carbocycles. The van der Waals surface area contributed by atoms with Crippen LogP contribution in [0.15, 0.2) is 18.2 Å². The topological polar surface area (TPSA) is 0 Å². The molecule has 0 unspecified atom stereocenters. The predicted molar refractivity (Wildman–Crippen MR) is 63.4 cm³/mol. The van der Waals surface area contributed by atoms with Gasteiger partial charge < -0.3 is 0 Å². The van der Waals surface area contributed by atoms with Gasteiger partial charge in [-0.05, 0) is 35.4 Å². The average molecular weight is 207 g/mol. The highest BCUT2D eigenvalue weighted by atomic mass is 19.1. The summed E-state index contributed by atoms with van der Waals surface area (Å²) in [5, 5.41) is 0. The molecule has 0 fully saturated rings. The Labute approximate surface area is 92.5 Å². The van der Waals surface area contributed by atoms with E-state index >= 15 is 0 Å². The van der Waals surface area contributed by atoms with Gasteiger partial charge in [0.15, 0.2) is 0 Å². The molecule has 0 N–H and O–H groups in total. The molecule has 0 saturated heterocycles. The molecule has 0 aliphatic carbocycles. The van der Waals surface area contributed by atoms with Crippen LogP contribution in [0.4, 0.5) is 4.39 Å². The molecule has 0 spiro atoms. The molecule has 0 aromatic heterocycles. The Kier molecular flexibility index (Phi) is 3.90. The van der Waals surface area contributed by atoms with Crippen molar-refractivity contribution in [2.24, 2.45) is 0 Å². The first-order chi connectivity index (χ1) is 6.96. The van der Waals surface area contributed by atoms with Gasteiger partial charge in [-0.1, -0.05) is 46.2 Å². The van der Waals surface area contributed by atoms with Crippen molar-refractivity contribution in [3.8, 4) is 0 Å². The van der Waals surface area contributed by atoms with E-state index in [1.165, 1.54) is 0 Å². The second kappa shape index (κ2) is 4.78. The third kappa shape index (κ3) is 3.05. The van der Waals surface area contributed by atoms with E-state index in [9.17, 15) is 4.39 Å². The van der Waals surface area contributed by atoms with Gasteiger partial charge >= 0.3 is 0 Å². The van der Waals surface area contributed by atoms with E-state index in [-0.39, 0.29) is 11.2 Å². The SMILES string of the molecule is [CH2]CCCc1c(F)cccc1C(C)(C)C. The zero-order valence-corrected chi connectivity index (χ0v) is 9.94. The number of hydrogen-bond donors (Lipinski definition) is 0. The van der Waals surface area contributed by atoms with Gasteiger partial charge in [0, 0.05) is 0 Å². The molecule has 0 aliphatic rings. The normalized spacial score (nSPS) is 11.8. The van der Waals surface area contributed by atoms with Crippen LogP contribution in [0, 0.1) is 12.7 Å². The lowest BCUT2D eigenvalue weighted by molar-refractivity contribution is 0.551. The summed E-state index contributed by atoms with van der Waals surface area (Å²) in [4.78, 5) is 0. The Morgan fingerprint density at radius 3 is 2.47 bits per heavy atom. The molecule has 1 rings (SSSR count). The van der Waals surface area contributed by atoms with Gasteiger partial charge in [-0.3, -0.25) is 0 Å². The maximum Gasteiger partial charge on any atom is 0.126 e. The summed E-state index contributed by atoms with van der Waals surface area (Å²) >= 11 is 0. The maximum absolute atomic E-state index is 13.7. The van der Waals surface area contributed by atoms with Crippen LogP contribution in [0.2, 0.25) is 0 Å². The summed E-state index contributed by atoms with van der Waals surface area (Å²) in [5.74, 6) is -0.0733. The highest BCUT2D eigenvalue weighted by Crippen LogP contribution is 2.28. The van der Waals surface area contributed by atoms with Crippen LogP contribution in [-0.2, 0) is 11.8 Å². The monoisotopic (exact) mass is 207 g/mol. The number of benzene rings is 1. The zero-order chi connectivity index (χ0) is 11.5. The summed E-state index contributed by atoms with van der Waals surface area (Å²) in [6.07, 6.45) is 2.60. The molecule has 0 aliphatic heterocycles. The molecular weight excluding hydrogens is 187 g/mol. The minimum Gasteiger partial charge on any atom is -0.207 e. The van der Waals surface area contributed by atoms with Crippen LogP contribution < -0.4 is 0 Å². The van der Waals surface area contributed by atoms with Gasteiger partial charge in [-0.2, -0.15) is 0 Å². The fourth-order valence-corrected chi connectivity index (χ4v) is 1.82. The standard InChI is InChI=1S/C14H20F/c1-5-6-8-11-12(14(2,3)4)9-7-10-13(11)15/h7,9-10H,1,5-6,8H2,2-4H3. The largest absolute Gasteiger partial charge is 0.207 e. The van der Waals surface area contributed by atoms with E-state index in [2.05, 4.69) is 27.7 Å². The fraction of sp³-hybridized carbons (Fsp3) is 0.500. The fourth-order valence-electron chi connectivity index (χ4n) is 1.82. The van der Waals surface area contributed by atoms with Crippen molar-refractivity contribution in [2.45, 2.75) is 45.4 Å². The average Bonchev–Trinajstić information content (AvgIpc) is 2.14. The molecule has 1 radical (unpaired) electrons. The number of rotatable bonds is 3. The first-order valence-corrected chi connectivity index (χ1v) is 5.54. The first-order valence-electron chi connectivity index (χ1n) is 5.54. The highest BCUT2D eigenvalue weighted by Gasteiger charge is 2.19. The Bertz CT molecular complexity index is 321. The number of unbranched alkanes of at least 4 members (excludes halogenated alkanes) is 1. The van der Waals surface area contributed by atoms with Gasteiger partial charge in [-0.15, -0.1) is 0 Å². The van der Waals surface area contributed by atoms with Crippen molar-refractivity contribution in [1.82, 2.24) is 0 Å². The Balaban J connectivity index is 3.09. The van der Waals surface area contributed by atoms with Crippen LogP contribution in [-0.4, -0.2) is 0 Å². The van der Waals surface area contributed by atoms with Crippen molar-refractivity contribution < 1.29 is 4.39 Å². The van der Waals surface area contributed by atoms with Gasteiger partial charge in [0.2, 0.25) is 0 Å². The summed E-state index contributed by atoms with van der Waals surface area (Å²) in [5.41, 5.74) is 2.00. The third-order valence-electron chi connectivity index (χ3n) is 2.60. The van der Waals surface area contributed by atoms with E-state index in [1.54, 1.807) is 12.1 Å². The molecule has 83 valence electrons. The van der Waals surface area contributed by atoms with Gasteiger partial charge in [0.25, 0.3) is 0 Å². The van der Waals surface area contributed by atoms with E-state index in [0.717, 1.165) is 30.4 Å². The summed E-state index contributed by atoms with van der Waals surface area (Å²) < 4.78 is 13.7. The number of halogens is 1. The highest BCUT2D eigenvalue weighted by molar-refractivity contribution is 5.34. The van der Waals surface area contributed by atoms with Gasteiger partial charge in [-0.25, -0.2) is 4.39 Å². The molecule has 1 aromatic rings. The van der Waals surface area contributed by atoms with Crippen molar-refractivity contribution in [1.29, 1.82) is 0 Å². The summed E-state index contributed by atoms with van der Waals surface area (Å²) in [6.45, 7) is 10.2. The van der Waals surface area contributed by atoms with E-state index in [4.69, 9.17) is 0 Å². The van der Waals surface area contributed by atoms with Crippen LogP contribution >= 0.6 is 0 Å².